The number of aromatic nitrogens is 1. The fraction of sp³-hybridized carbons (Fsp3) is 0.238. The first-order chi connectivity index (χ1) is 13.1. The number of nitriles is 1. The van der Waals surface area contributed by atoms with Crippen molar-refractivity contribution in [3.63, 3.8) is 0 Å². The summed E-state index contributed by atoms with van der Waals surface area (Å²) in [6, 6.07) is 12.5. The number of carboxylic acids is 1. The lowest BCUT2D eigenvalue weighted by molar-refractivity contribution is 0.0692. The van der Waals surface area contributed by atoms with Crippen molar-refractivity contribution in [1.82, 2.24) is 4.98 Å². The van der Waals surface area contributed by atoms with Crippen LogP contribution in [-0.4, -0.2) is 30.7 Å². The Labute approximate surface area is 163 Å². The van der Waals surface area contributed by atoms with Crippen LogP contribution in [0.5, 0.6) is 0 Å². The molecule has 0 saturated heterocycles. The van der Waals surface area contributed by atoms with Gasteiger partial charge in [0.15, 0.2) is 9.84 Å². The summed E-state index contributed by atoms with van der Waals surface area (Å²) < 4.78 is 23.2. The first-order valence-corrected chi connectivity index (χ1v) is 10.8. The van der Waals surface area contributed by atoms with Crippen molar-refractivity contribution in [2.24, 2.45) is 0 Å². The predicted octanol–water partition coefficient (Wildman–Crippen LogP) is 4.07. The molecule has 0 unspecified atom stereocenters. The van der Waals surface area contributed by atoms with E-state index in [0.717, 1.165) is 22.7 Å². The van der Waals surface area contributed by atoms with Crippen molar-refractivity contribution in [3.8, 4) is 17.2 Å². The molecule has 0 amide bonds. The molecule has 3 rings (SSSR count). The van der Waals surface area contributed by atoms with Crippen molar-refractivity contribution in [2.45, 2.75) is 25.5 Å². The molecule has 0 spiro atoms. The Morgan fingerprint density at radius 1 is 1.25 bits per heavy atom. The maximum absolute atomic E-state index is 11.9. The van der Waals surface area contributed by atoms with Gasteiger partial charge in [-0.2, -0.15) is 5.26 Å². The van der Waals surface area contributed by atoms with Crippen molar-refractivity contribution in [3.05, 3.63) is 58.8 Å². The van der Waals surface area contributed by atoms with Gasteiger partial charge in [-0.15, -0.1) is 0 Å². The molecule has 0 aliphatic carbocycles. The molecule has 0 radical (unpaired) electrons. The Morgan fingerprint density at radius 2 is 1.96 bits per heavy atom. The number of rotatable bonds is 5. The number of fused-ring (bicyclic) bond motifs is 1. The number of carboxylic acid groups (broad SMARTS) is 1. The Balaban J connectivity index is 2.29. The van der Waals surface area contributed by atoms with E-state index in [-0.39, 0.29) is 22.9 Å². The maximum atomic E-state index is 11.9. The minimum Gasteiger partial charge on any atom is -0.477 e. The summed E-state index contributed by atoms with van der Waals surface area (Å²) in [4.78, 5) is 14.9. The molecule has 144 valence electrons. The molecule has 0 fully saturated rings. The average molecular weight is 396 g/mol. The second kappa shape index (κ2) is 7.13. The van der Waals surface area contributed by atoms with Gasteiger partial charge >= 0.3 is 5.97 Å². The van der Waals surface area contributed by atoms with E-state index >= 15 is 0 Å². The van der Waals surface area contributed by atoms with Crippen LogP contribution in [-0.2, 0) is 15.6 Å². The number of H-pyrrole nitrogens is 1. The van der Waals surface area contributed by atoms with Gasteiger partial charge in [0, 0.05) is 17.2 Å². The number of para-hydroxylation sites is 1. The van der Waals surface area contributed by atoms with Crippen molar-refractivity contribution in [1.29, 1.82) is 5.26 Å². The minimum atomic E-state index is -3.30. The Kier molecular flexibility index (Phi) is 5.01. The summed E-state index contributed by atoms with van der Waals surface area (Å²) in [7, 11) is -3.30. The summed E-state index contributed by atoms with van der Waals surface area (Å²) in [5.74, 6) is -1.14. The maximum Gasteiger partial charge on any atom is 0.352 e. The molecule has 0 aliphatic rings. The second-order valence-electron chi connectivity index (χ2n) is 7.16. The topological polar surface area (TPSA) is 111 Å². The van der Waals surface area contributed by atoms with Gasteiger partial charge in [-0.05, 0) is 28.7 Å². The fourth-order valence-electron chi connectivity index (χ4n) is 3.43. The highest BCUT2D eigenvalue weighted by Gasteiger charge is 2.22. The highest BCUT2D eigenvalue weighted by molar-refractivity contribution is 7.89. The molecule has 0 atom stereocenters. The van der Waals surface area contributed by atoms with Crippen LogP contribution in [0.4, 0.5) is 0 Å². The van der Waals surface area contributed by atoms with Gasteiger partial charge in [0.1, 0.15) is 5.69 Å². The molecule has 6 nitrogen and oxygen atoms in total. The number of nitrogens with one attached hydrogen (secondary N) is 1. The van der Waals surface area contributed by atoms with E-state index in [4.69, 9.17) is 0 Å². The molecule has 28 heavy (non-hydrogen) atoms. The number of sulfone groups is 1. The van der Waals surface area contributed by atoms with Crippen LogP contribution in [0, 0.1) is 11.3 Å². The molecule has 2 N–H and O–H groups in total. The van der Waals surface area contributed by atoms with Crippen LogP contribution < -0.4 is 0 Å². The fourth-order valence-corrected chi connectivity index (χ4v) is 4.24. The molecule has 2 aromatic carbocycles. The average Bonchev–Trinajstić information content (AvgIpc) is 3.00. The quantitative estimate of drug-likeness (QED) is 0.675. The lowest BCUT2D eigenvalue weighted by atomic mass is 9.95. The number of carbonyl (C=O) groups is 1. The molecule has 0 bridgehead atoms. The van der Waals surface area contributed by atoms with Crippen LogP contribution in [0.1, 0.15) is 46.9 Å². The Morgan fingerprint density at radius 3 is 2.54 bits per heavy atom. The molecule has 3 aromatic rings. The van der Waals surface area contributed by atoms with Crippen LogP contribution in [0.2, 0.25) is 0 Å². The summed E-state index contributed by atoms with van der Waals surface area (Å²) in [6.45, 7) is 4.06. The molecule has 0 saturated carbocycles. The molecule has 7 heteroatoms. The second-order valence-corrected chi connectivity index (χ2v) is 9.30. The van der Waals surface area contributed by atoms with Gasteiger partial charge in [0.05, 0.1) is 22.9 Å². The first kappa shape index (κ1) is 19.6. The van der Waals surface area contributed by atoms with E-state index in [1.165, 1.54) is 0 Å². The van der Waals surface area contributed by atoms with Crippen LogP contribution >= 0.6 is 0 Å². The molecule has 0 aliphatic heterocycles. The lowest BCUT2D eigenvalue weighted by Crippen LogP contribution is -2.03. The Hall–Kier alpha value is -3.11. The lowest BCUT2D eigenvalue weighted by Gasteiger charge is -2.09. The third kappa shape index (κ3) is 3.64. The zero-order chi connectivity index (χ0) is 20.6. The van der Waals surface area contributed by atoms with Gasteiger partial charge in [0.2, 0.25) is 0 Å². The van der Waals surface area contributed by atoms with E-state index in [1.807, 2.05) is 38.1 Å². The smallest absolute Gasteiger partial charge is 0.352 e. The van der Waals surface area contributed by atoms with E-state index in [1.54, 1.807) is 18.2 Å². The summed E-state index contributed by atoms with van der Waals surface area (Å²) in [5.41, 5.74) is 3.46. The van der Waals surface area contributed by atoms with E-state index in [2.05, 4.69) is 4.98 Å². The molecular weight excluding hydrogens is 376 g/mol. The van der Waals surface area contributed by atoms with E-state index in [0.29, 0.717) is 16.7 Å². The number of nitrogens with zero attached hydrogens (tertiary/aromatic N) is 1. The van der Waals surface area contributed by atoms with Gasteiger partial charge in [-0.1, -0.05) is 44.2 Å². The largest absolute Gasteiger partial charge is 0.477 e. The third-order valence-electron chi connectivity index (χ3n) is 4.64. The molecular formula is C21H20N2O4S. The van der Waals surface area contributed by atoms with Crippen molar-refractivity contribution < 1.29 is 18.3 Å². The van der Waals surface area contributed by atoms with Gasteiger partial charge in [-0.3, -0.25) is 0 Å². The molecule has 1 aromatic heterocycles. The van der Waals surface area contributed by atoms with Crippen LogP contribution in [0.25, 0.3) is 22.0 Å². The van der Waals surface area contributed by atoms with Crippen molar-refractivity contribution >= 4 is 26.7 Å². The number of hydrogen-bond donors (Lipinski definition) is 2. The number of hydrogen-bond acceptors (Lipinski definition) is 4. The highest BCUT2D eigenvalue weighted by Crippen LogP contribution is 2.36. The number of aromatic carboxylic acids is 1. The van der Waals surface area contributed by atoms with Gasteiger partial charge < -0.3 is 10.1 Å². The zero-order valence-electron chi connectivity index (χ0n) is 15.8. The minimum absolute atomic E-state index is 0.0443. The first-order valence-electron chi connectivity index (χ1n) is 8.71. The third-order valence-corrected chi connectivity index (χ3v) is 5.47. The van der Waals surface area contributed by atoms with Gasteiger partial charge in [0.25, 0.3) is 0 Å². The molecule has 1 heterocycles. The normalized spacial score (nSPS) is 11.7. The standard InChI is InChI=1S/C21H20N2O4S/c1-12(2)16-5-4-6-17-18(20(21(24)25)23-19(16)17)13-7-8-14(11-28(3,26)27)15(9-13)10-22/h4-9,12,23H,11H2,1-3H3,(H,24,25). The monoisotopic (exact) mass is 396 g/mol. The predicted molar refractivity (Wildman–Crippen MR) is 108 cm³/mol. The summed E-state index contributed by atoms with van der Waals surface area (Å²) in [6.07, 6.45) is 1.11. The SMILES string of the molecule is CC(C)c1cccc2c(-c3ccc(CS(C)(=O)=O)c(C#N)c3)c(C(=O)O)[nH]c12. The summed E-state index contributed by atoms with van der Waals surface area (Å²) >= 11 is 0. The highest BCUT2D eigenvalue weighted by atomic mass is 32.2. The van der Waals surface area contributed by atoms with E-state index in [9.17, 15) is 23.6 Å². The zero-order valence-corrected chi connectivity index (χ0v) is 16.6. The van der Waals surface area contributed by atoms with Crippen LogP contribution in [0.15, 0.2) is 36.4 Å². The summed E-state index contributed by atoms with van der Waals surface area (Å²) in [5, 5.41) is 19.9. The Bertz CT molecular complexity index is 1230. The number of benzene rings is 2. The number of aromatic amines is 1. The van der Waals surface area contributed by atoms with Gasteiger partial charge in [-0.25, -0.2) is 13.2 Å². The van der Waals surface area contributed by atoms with E-state index < -0.39 is 15.8 Å². The van der Waals surface area contributed by atoms with Crippen LogP contribution in [0.3, 0.4) is 0 Å². The van der Waals surface area contributed by atoms with Crippen molar-refractivity contribution in [2.75, 3.05) is 6.26 Å².